The van der Waals surface area contributed by atoms with E-state index in [-0.39, 0.29) is 5.28 Å². The first kappa shape index (κ1) is 12.1. The van der Waals surface area contributed by atoms with E-state index >= 15 is 0 Å². The van der Waals surface area contributed by atoms with Gasteiger partial charge in [0.2, 0.25) is 5.28 Å². The highest BCUT2D eigenvalue weighted by molar-refractivity contribution is 6.33. The van der Waals surface area contributed by atoms with Crippen LogP contribution in [-0.4, -0.2) is 9.97 Å². The third-order valence-corrected chi connectivity index (χ3v) is 2.97. The number of hydrogen-bond donors (Lipinski definition) is 1. The SMILES string of the molecule is Cc1ccc(Nc2cnc(Cl)nc2Cl)cc1C. The lowest BCUT2D eigenvalue weighted by Crippen LogP contribution is -1.95. The molecular weight excluding hydrogens is 257 g/mol. The Morgan fingerprint density at radius 2 is 1.88 bits per heavy atom. The molecule has 0 amide bonds. The lowest BCUT2D eigenvalue weighted by atomic mass is 10.1. The van der Waals surface area contributed by atoms with Crippen LogP contribution in [0, 0.1) is 13.8 Å². The Morgan fingerprint density at radius 1 is 1.12 bits per heavy atom. The van der Waals surface area contributed by atoms with Crippen molar-refractivity contribution in [2.45, 2.75) is 13.8 Å². The molecule has 5 heteroatoms. The van der Waals surface area contributed by atoms with Crippen LogP contribution < -0.4 is 5.32 Å². The van der Waals surface area contributed by atoms with Crippen LogP contribution in [0.25, 0.3) is 0 Å². The van der Waals surface area contributed by atoms with E-state index in [9.17, 15) is 0 Å². The molecule has 0 fully saturated rings. The van der Waals surface area contributed by atoms with E-state index in [1.165, 1.54) is 11.1 Å². The molecule has 0 aliphatic rings. The van der Waals surface area contributed by atoms with Gasteiger partial charge in [0.1, 0.15) is 0 Å². The number of aromatic nitrogens is 2. The van der Waals surface area contributed by atoms with Crippen molar-refractivity contribution >= 4 is 34.6 Å². The summed E-state index contributed by atoms with van der Waals surface area (Å²) in [5.41, 5.74) is 4.04. The Balaban J connectivity index is 2.28. The Bertz CT molecular complexity index is 555. The second-order valence-electron chi connectivity index (χ2n) is 3.77. The molecule has 0 aliphatic carbocycles. The van der Waals surface area contributed by atoms with Crippen LogP contribution in [0.4, 0.5) is 11.4 Å². The summed E-state index contributed by atoms with van der Waals surface area (Å²) in [5, 5.41) is 3.60. The molecule has 88 valence electrons. The molecule has 0 atom stereocenters. The Morgan fingerprint density at radius 3 is 2.53 bits per heavy atom. The molecule has 1 aromatic carbocycles. The summed E-state index contributed by atoms with van der Waals surface area (Å²) >= 11 is 11.6. The van der Waals surface area contributed by atoms with Gasteiger partial charge in [-0.05, 0) is 48.7 Å². The van der Waals surface area contributed by atoms with E-state index in [2.05, 4.69) is 29.1 Å². The molecule has 0 spiro atoms. The Hall–Kier alpha value is -1.32. The molecule has 1 aromatic heterocycles. The molecule has 1 heterocycles. The predicted molar refractivity (Wildman–Crippen MR) is 71.3 cm³/mol. The minimum Gasteiger partial charge on any atom is -0.352 e. The molecule has 0 aliphatic heterocycles. The van der Waals surface area contributed by atoms with Crippen LogP contribution in [0.1, 0.15) is 11.1 Å². The molecule has 2 rings (SSSR count). The number of nitrogens with one attached hydrogen (secondary N) is 1. The van der Waals surface area contributed by atoms with Gasteiger partial charge in [-0.1, -0.05) is 17.7 Å². The third kappa shape index (κ3) is 2.87. The average Bonchev–Trinajstić information content (AvgIpc) is 2.27. The van der Waals surface area contributed by atoms with Gasteiger partial charge in [0.05, 0.1) is 11.9 Å². The van der Waals surface area contributed by atoms with Crippen LogP contribution in [0.5, 0.6) is 0 Å². The summed E-state index contributed by atoms with van der Waals surface area (Å²) in [6, 6.07) is 6.07. The van der Waals surface area contributed by atoms with Crippen molar-refractivity contribution in [1.82, 2.24) is 9.97 Å². The largest absolute Gasteiger partial charge is 0.352 e. The fourth-order valence-electron chi connectivity index (χ4n) is 1.40. The second-order valence-corrected chi connectivity index (χ2v) is 4.46. The zero-order chi connectivity index (χ0) is 12.4. The maximum Gasteiger partial charge on any atom is 0.223 e. The summed E-state index contributed by atoms with van der Waals surface area (Å²) in [5.74, 6) is 0. The minimum atomic E-state index is 0.139. The van der Waals surface area contributed by atoms with Gasteiger partial charge in [0.15, 0.2) is 5.15 Å². The Kier molecular flexibility index (Phi) is 3.50. The number of aryl methyl sites for hydroxylation is 2. The number of benzene rings is 1. The van der Waals surface area contributed by atoms with Crippen molar-refractivity contribution in [3.63, 3.8) is 0 Å². The highest BCUT2D eigenvalue weighted by Gasteiger charge is 2.04. The summed E-state index contributed by atoms with van der Waals surface area (Å²) in [4.78, 5) is 7.75. The minimum absolute atomic E-state index is 0.139. The van der Waals surface area contributed by atoms with Crippen LogP contribution in [0.15, 0.2) is 24.4 Å². The van der Waals surface area contributed by atoms with Gasteiger partial charge in [0.25, 0.3) is 0 Å². The quantitative estimate of drug-likeness (QED) is 0.657. The highest BCUT2D eigenvalue weighted by Crippen LogP contribution is 2.24. The fourth-order valence-corrected chi connectivity index (χ4v) is 1.75. The lowest BCUT2D eigenvalue weighted by Gasteiger charge is -2.09. The van der Waals surface area contributed by atoms with Gasteiger partial charge in [-0.15, -0.1) is 0 Å². The van der Waals surface area contributed by atoms with E-state index in [1.807, 2.05) is 18.2 Å². The summed E-state index contributed by atoms with van der Waals surface area (Å²) in [6.45, 7) is 4.12. The second kappa shape index (κ2) is 4.90. The van der Waals surface area contributed by atoms with E-state index in [0.29, 0.717) is 10.8 Å². The van der Waals surface area contributed by atoms with Gasteiger partial charge < -0.3 is 5.32 Å². The first-order chi connectivity index (χ1) is 8.06. The molecule has 3 nitrogen and oxygen atoms in total. The van der Waals surface area contributed by atoms with Crippen molar-refractivity contribution in [1.29, 1.82) is 0 Å². The standard InChI is InChI=1S/C12H11Cl2N3/c1-7-3-4-9(5-8(7)2)16-10-6-15-12(14)17-11(10)13/h3-6,16H,1-2H3. The number of rotatable bonds is 2. The topological polar surface area (TPSA) is 37.8 Å². The molecule has 17 heavy (non-hydrogen) atoms. The normalized spacial score (nSPS) is 10.4. The zero-order valence-electron chi connectivity index (χ0n) is 9.46. The van der Waals surface area contributed by atoms with E-state index in [1.54, 1.807) is 6.20 Å². The van der Waals surface area contributed by atoms with Crippen molar-refractivity contribution in [2.24, 2.45) is 0 Å². The van der Waals surface area contributed by atoms with Gasteiger partial charge in [-0.2, -0.15) is 0 Å². The van der Waals surface area contributed by atoms with Crippen molar-refractivity contribution < 1.29 is 0 Å². The first-order valence-corrected chi connectivity index (χ1v) is 5.84. The van der Waals surface area contributed by atoms with Crippen molar-refractivity contribution in [3.05, 3.63) is 46.0 Å². The van der Waals surface area contributed by atoms with Crippen LogP contribution in [0.3, 0.4) is 0 Å². The molecular formula is C12H11Cl2N3. The molecule has 0 saturated carbocycles. The van der Waals surface area contributed by atoms with E-state index in [0.717, 1.165) is 5.69 Å². The summed E-state index contributed by atoms with van der Waals surface area (Å²) in [7, 11) is 0. The van der Waals surface area contributed by atoms with Crippen LogP contribution in [-0.2, 0) is 0 Å². The Labute approximate surface area is 110 Å². The lowest BCUT2D eigenvalue weighted by molar-refractivity contribution is 1.17. The molecule has 2 aromatic rings. The maximum atomic E-state index is 5.95. The van der Waals surface area contributed by atoms with Gasteiger partial charge >= 0.3 is 0 Å². The summed E-state index contributed by atoms with van der Waals surface area (Å²) in [6.07, 6.45) is 1.56. The van der Waals surface area contributed by atoms with Gasteiger partial charge in [0, 0.05) is 5.69 Å². The number of anilines is 2. The smallest absolute Gasteiger partial charge is 0.223 e. The van der Waals surface area contributed by atoms with Crippen molar-refractivity contribution in [3.8, 4) is 0 Å². The van der Waals surface area contributed by atoms with Gasteiger partial charge in [-0.3, -0.25) is 0 Å². The molecule has 1 N–H and O–H groups in total. The van der Waals surface area contributed by atoms with Gasteiger partial charge in [-0.25, -0.2) is 9.97 Å². The third-order valence-electron chi connectivity index (χ3n) is 2.50. The monoisotopic (exact) mass is 267 g/mol. The fraction of sp³-hybridized carbons (Fsp3) is 0.167. The van der Waals surface area contributed by atoms with Crippen molar-refractivity contribution in [2.75, 3.05) is 5.32 Å². The number of halogens is 2. The average molecular weight is 268 g/mol. The predicted octanol–water partition coefficient (Wildman–Crippen LogP) is 4.14. The van der Waals surface area contributed by atoms with E-state index < -0.39 is 0 Å². The first-order valence-electron chi connectivity index (χ1n) is 5.08. The molecule has 0 radical (unpaired) electrons. The zero-order valence-corrected chi connectivity index (χ0v) is 11.0. The van der Waals surface area contributed by atoms with Crippen LogP contribution in [0.2, 0.25) is 10.4 Å². The van der Waals surface area contributed by atoms with Crippen LogP contribution >= 0.6 is 23.2 Å². The number of nitrogens with zero attached hydrogens (tertiary/aromatic N) is 2. The number of hydrogen-bond acceptors (Lipinski definition) is 3. The molecule has 0 bridgehead atoms. The highest BCUT2D eigenvalue weighted by atomic mass is 35.5. The maximum absolute atomic E-state index is 5.95. The molecule has 0 saturated heterocycles. The van der Waals surface area contributed by atoms with E-state index in [4.69, 9.17) is 23.2 Å². The summed E-state index contributed by atoms with van der Waals surface area (Å²) < 4.78 is 0. The molecule has 0 unspecified atom stereocenters.